The SMILES string of the molecule is O=S(O)Cc1cccc2c1CCC2O. The highest BCUT2D eigenvalue weighted by Gasteiger charge is 2.22. The van der Waals surface area contributed by atoms with E-state index >= 15 is 0 Å². The summed E-state index contributed by atoms with van der Waals surface area (Å²) in [5.41, 5.74) is 2.87. The Labute approximate surface area is 85.1 Å². The highest BCUT2D eigenvalue weighted by atomic mass is 32.2. The molecular weight excluding hydrogens is 200 g/mol. The lowest BCUT2D eigenvalue weighted by Crippen LogP contribution is -1.98. The molecule has 1 aliphatic rings. The van der Waals surface area contributed by atoms with Crippen molar-refractivity contribution < 1.29 is 13.9 Å². The molecule has 4 heteroatoms. The van der Waals surface area contributed by atoms with E-state index < -0.39 is 17.2 Å². The second kappa shape index (κ2) is 3.81. The van der Waals surface area contributed by atoms with Crippen LogP contribution in [0.4, 0.5) is 0 Å². The smallest absolute Gasteiger partial charge is 0.157 e. The molecule has 2 N–H and O–H groups in total. The van der Waals surface area contributed by atoms with Gasteiger partial charge in [-0.2, -0.15) is 0 Å². The molecule has 0 saturated carbocycles. The van der Waals surface area contributed by atoms with Gasteiger partial charge >= 0.3 is 0 Å². The van der Waals surface area contributed by atoms with Crippen molar-refractivity contribution in [1.82, 2.24) is 0 Å². The van der Waals surface area contributed by atoms with Gasteiger partial charge in [-0.3, -0.25) is 0 Å². The van der Waals surface area contributed by atoms with E-state index in [2.05, 4.69) is 0 Å². The van der Waals surface area contributed by atoms with Crippen molar-refractivity contribution in [3.05, 3.63) is 34.9 Å². The highest BCUT2D eigenvalue weighted by molar-refractivity contribution is 7.78. The van der Waals surface area contributed by atoms with E-state index in [0.717, 1.165) is 29.5 Å². The zero-order chi connectivity index (χ0) is 10.1. The summed E-state index contributed by atoms with van der Waals surface area (Å²) in [6.07, 6.45) is 1.14. The van der Waals surface area contributed by atoms with Crippen LogP contribution in [0.25, 0.3) is 0 Å². The summed E-state index contributed by atoms with van der Waals surface area (Å²) in [5.74, 6) is 0.163. The molecule has 14 heavy (non-hydrogen) atoms. The predicted molar refractivity (Wildman–Crippen MR) is 54.2 cm³/mol. The summed E-state index contributed by atoms with van der Waals surface area (Å²) in [4.78, 5) is 0. The molecular formula is C10H12O3S. The number of hydrogen-bond donors (Lipinski definition) is 2. The van der Waals surface area contributed by atoms with Crippen molar-refractivity contribution >= 4 is 11.1 Å². The predicted octanol–water partition coefficient (Wildman–Crippen LogP) is 1.39. The van der Waals surface area contributed by atoms with Crippen LogP contribution in [0.5, 0.6) is 0 Å². The van der Waals surface area contributed by atoms with E-state index in [0.29, 0.717) is 0 Å². The Balaban J connectivity index is 2.39. The van der Waals surface area contributed by atoms with Gasteiger partial charge in [0.25, 0.3) is 0 Å². The van der Waals surface area contributed by atoms with Gasteiger partial charge in [-0.05, 0) is 29.5 Å². The van der Waals surface area contributed by atoms with Crippen molar-refractivity contribution in [3.63, 3.8) is 0 Å². The van der Waals surface area contributed by atoms with Gasteiger partial charge in [-0.15, -0.1) is 0 Å². The quantitative estimate of drug-likeness (QED) is 0.728. The van der Waals surface area contributed by atoms with Crippen LogP contribution in [-0.4, -0.2) is 13.9 Å². The summed E-state index contributed by atoms with van der Waals surface area (Å²) < 4.78 is 19.5. The normalized spacial score (nSPS) is 22.0. The Bertz CT molecular complexity index is 376. The first-order valence-corrected chi connectivity index (χ1v) is 5.82. The topological polar surface area (TPSA) is 57.5 Å². The zero-order valence-corrected chi connectivity index (χ0v) is 8.46. The molecule has 0 aliphatic heterocycles. The minimum Gasteiger partial charge on any atom is -0.388 e. The molecule has 0 fully saturated rings. The average molecular weight is 212 g/mol. The molecule has 0 radical (unpaired) electrons. The third kappa shape index (κ3) is 1.73. The van der Waals surface area contributed by atoms with Crippen LogP contribution >= 0.6 is 0 Å². The molecule has 0 spiro atoms. The van der Waals surface area contributed by atoms with E-state index in [4.69, 9.17) is 4.55 Å². The molecule has 2 rings (SSSR count). The number of hydrogen-bond acceptors (Lipinski definition) is 2. The summed E-state index contributed by atoms with van der Waals surface area (Å²) in [7, 11) is 0. The fourth-order valence-electron chi connectivity index (χ4n) is 1.98. The second-order valence-corrected chi connectivity index (χ2v) is 4.44. The number of aliphatic hydroxyl groups excluding tert-OH is 1. The first-order valence-electron chi connectivity index (χ1n) is 4.54. The molecule has 2 atom stereocenters. The third-order valence-electron chi connectivity index (χ3n) is 2.62. The lowest BCUT2D eigenvalue weighted by atomic mass is 10.0. The molecule has 1 aliphatic carbocycles. The summed E-state index contributed by atoms with van der Waals surface area (Å²) in [6.45, 7) is 0. The van der Waals surface area contributed by atoms with Crippen LogP contribution < -0.4 is 0 Å². The fourth-order valence-corrected chi connectivity index (χ4v) is 2.51. The molecule has 3 nitrogen and oxygen atoms in total. The van der Waals surface area contributed by atoms with Crippen LogP contribution in [0.2, 0.25) is 0 Å². The lowest BCUT2D eigenvalue weighted by Gasteiger charge is -2.07. The third-order valence-corrected chi connectivity index (χ3v) is 3.17. The number of benzene rings is 1. The average Bonchev–Trinajstić information content (AvgIpc) is 2.49. The van der Waals surface area contributed by atoms with Crippen molar-refractivity contribution in [1.29, 1.82) is 0 Å². The van der Waals surface area contributed by atoms with Gasteiger partial charge in [-0.1, -0.05) is 18.2 Å². The van der Waals surface area contributed by atoms with Crippen LogP contribution in [0.3, 0.4) is 0 Å². The Hall–Kier alpha value is -0.710. The maximum absolute atomic E-state index is 10.7. The molecule has 0 bridgehead atoms. The molecule has 2 unspecified atom stereocenters. The number of fused-ring (bicyclic) bond motifs is 1. The monoisotopic (exact) mass is 212 g/mol. The van der Waals surface area contributed by atoms with Gasteiger partial charge in [0.05, 0.1) is 11.9 Å². The first kappa shape index (κ1) is 9.83. The summed E-state index contributed by atoms with van der Waals surface area (Å²) >= 11 is -1.80. The van der Waals surface area contributed by atoms with Gasteiger partial charge in [0.2, 0.25) is 0 Å². The van der Waals surface area contributed by atoms with E-state index in [9.17, 15) is 9.32 Å². The van der Waals surface area contributed by atoms with Gasteiger partial charge in [0.1, 0.15) is 0 Å². The molecule has 0 amide bonds. The lowest BCUT2D eigenvalue weighted by molar-refractivity contribution is 0.180. The van der Waals surface area contributed by atoms with Gasteiger partial charge in [0, 0.05) is 0 Å². The van der Waals surface area contributed by atoms with E-state index in [1.807, 2.05) is 18.2 Å². The second-order valence-electron chi connectivity index (χ2n) is 3.51. The Morgan fingerprint density at radius 1 is 1.50 bits per heavy atom. The van der Waals surface area contributed by atoms with Gasteiger partial charge < -0.3 is 9.66 Å². The molecule has 1 aromatic carbocycles. The molecule has 76 valence electrons. The number of rotatable bonds is 2. The maximum Gasteiger partial charge on any atom is 0.157 e. The zero-order valence-electron chi connectivity index (χ0n) is 7.64. The van der Waals surface area contributed by atoms with Crippen LogP contribution in [0, 0.1) is 0 Å². The molecule has 0 aromatic heterocycles. The van der Waals surface area contributed by atoms with Gasteiger partial charge in [-0.25, -0.2) is 4.21 Å². The standard InChI is InChI=1S/C10H12O3S/c11-10-5-4-8-7(6-14(12)13)2-1-3-9(8)10/h1-3,10-11H,4-6H2,(H,12,13). The highest BCUT2D eigenvalue weighted by Crippen LogP contribution is 2.33. The van der Waals surface area contributed by atoms with Crippen molar-refractivity contribution in [2.24, 2.45) is 0 Å². The fraction of sp³-hybridized carbons (Fsp3) is 0.400. The van der Waals surface area contributed by atoms with E-state index in [1.165, 1.54) is 0 Å². The summed E-state index contributed by atoms with van der Waals surface area (Å²) in [6, 6.07) is 5.57. The van der Waals surface area contributed by atoms with Crippen LogP contribution in [0.15, 0.2) is 18.2 Å². The van der Waals surface area contributed by atoms with Crippen molar-refractivity contribution in [2.75, 3.05) is 0 Å². The largest absolute Gasteiger partial charge is 0.388 e. The Morgan fingerprint density at radius 2 is 2.29 bits per heavy atom. The van der Waals surface area contributed by atoms with Crippen LogP contribution in [-0.2, 0) is 23.3 Å². The minimum absolute atomic E-state index is 0.163. The van der Waals surface area contributed by atoms with Gasteiger partial charge in [0.15, 0.2) is 11.1 Å². The Kier molecular flexibility index (Phi) is 2.67. The number of aliphatic hydroxyl groups is 1. The van der Waals surface area contributed by atoms with Crippen molar-refractivity contribution in [2.45, 2.75) is 24.7 Å². The van der Waals surface area contributed by atoms with Crippen LogP contribution in [0.1, 0.15) is 29.2 Å². The minimum atomic E-state index is -1.80. The first-order chi connectivity index (χ1) is 6.68. The maximum atomic E-state index is 10.7. The van der Waals surface area contributed by atoms with E-state index in [-0.39, 0.29) is 5.75 Å². The van der Waals surface area contributed by atoms with E-state index in [1.54, 1.807) is 0 Å². The molecule has 1 aromatic rings. The molecule has 0 heterocycles. The Morgan fingerprint density at radius 3 is 3.00 bits per heavy atom. The summed E-state index contributed by atoms with van der Waals surface area (Å²) in [5, 5.41) is 9.60. The van der Waals surface area contributed by atoms with Crippen molar-refractivity contribution in [3.8, 4) is 0 Å². The molecule has 0 saturated heterocycles.